The summed E-state index contributed by atoms with van der Waals surface area (Å²) in [5.41, 5.74) is 4.29. The van der Waals surface area contributed by atoms with E-state index in [2.05, 4.69) is 60.5 Å². The van der Waals surface area contributed by atoms with Crippen LogP contribution in [-0.4, -0.2) is 25.0 Å². The molecule has 0 aromatic heterocycles. The molecule has 0 aliphatic heterocycles. The molecule has 0 radical (unpaired) electrons. The summed E-state index contributed by atoms with van der Waals surface area (Å²) in [7, 11) is 2.25. The third kappa shape index (κ3) is 4.67. The fourth-order valence-electron chi connectivity index (χ4n) is 4.08. The molecule has 26 heavy (non-hydrogen) atoms. The summed E-state index contributed by atoms with van der Waals surface area (Å²) in [6.45, 7) is 2.32. The summed E-state index contributed by atoms with van der Waals surface area (Å²) in [6.07, 6.45) is 9.05. The Morgan fingerprint density at radius 1 is 1.00 bits per heavy atom. The van der Waals surface area contributed by atoms with Crippen LogP contribution in [0.1, 0.15) is 54.9 Å². The number of benzene rings is 2. The van der Waals surface area contributed by atoms with E-state index >= 15 is 0 Å². The first-order valence-corrected chi connectivity index (χ1v) is 10.3. The molecule has 0 amide bonds. The zero-order valence-electron chi connectivity index (χ0n) is 16.0. The van der Waals surface area contributed by atoms with E-state index in [4.69, 9.17) is 4.74 Å². The predicted octanol–water partition coefficient (Wildman–Crippen LogP) is 5.42. The van der Waals surface area contributed by atoms with E-state index in [1.54, 1.807) is 0 Å². The van der Waals surface area contributed by atoms with E-state index in [0.717, 1.165) is 24.6 Å². The van der Waals surface area contributed by atoms with Crippen molar-refractivity contribution in [3.8, 4) is 5.75 Å². The highest BCUT2D eigenvalue weighted by Crippen LogP contribution is 2.31. The second-order valence-electron chi connectivity index (χ2n) is 8.15. The molecule has 0 spiro atoms. The van der Waals surface area contributed by atoms with Crippen molar-refractivity contribution in [2.75, 3.05) is 20.1 Å². The normalized spacial score (nSPS) is 17.8. The Morgan fingerprint density at radius 3 is 2.54 bits per heavy atom. The Morgan fingerprint density at radius 2 is 1.77 bits per heavy atom. The van der Waals surface area contributed by atoms with Crippen LogP contribution in [0.25, 0.3) is 0 Å². The molecule has 2 aliphatic rings. The van der Waals surface area contributed by atoms with Gasteiger partial charge in [-0.3, -0.25) is 0 Å². The molecule has 1 unspecified atom stereocenters. The quantitative estimate of drug-likeness (QED) is 0.631. The van der Waals surface area contributed by atoms with Gasteiger partial charge in [-0.1, -0.05) is 36.4 Å². The van der Waals surface area contributed by atoms with Gasteiger partial charge in [-0.05, 0) is 80.3 Å². The lowest BCUT2D eigenvalue weighted by Crippen LogP contribution is -2.25. The Hall–Kier alpha value is -1.80. The van der Waals surface area contributed by atoms with Crippen LogP contribution in [0.2, 0.25) is 0 Å². The van der Waals surface area contributed by atoms with Crippen LogP contribution in [0, 0.1) is 5.92 Å². The Bertz CT molecular complexity index is 707. The van der Waals surface area contributed by atoms with Crippen molar-refractivity contribution in [2.45, 2.75) is 51.0 Å². The average Bonchev–Trinajstić information content (AvgIpc) is 3.49. The fourth-order valence-corrected chi connectivity index (χ4v) is 4.08. The molecule has 1 saturated carbocycles. The van der Waals surface area contributed by atoms with Crippen LogP contribution in [0.15, 0.2) is 48.5 Å². The van der Waals surface area contributed by atoms with E-state index in [-0.39, 0.29) is 6.10 Å². The zero-order chi connectivity index (χ0) is 17.8. The molecule has 2 aromatic carbocycles. The number of hydrogen-bond acceptors (Lipinski definition) is 2. The summed E-state index contributed by atoms with van der Waals surface area (Å²) >= 11 is 0. The van der Waals surface area contributed by atoms with Gasteiger partial charge in [0, 0.05) is 19.5 Å². The van der Waals surface area contributed by atoms with Crippen LogP contribution in [-0.2, 0) is 12.8 Å². The monoisotopic (exact) mass is 349 g/mol. The van der Waals surface area contributed by atoms with Crippen LogP contribution in [0.4, 0.5) is 0 Å². The zero-order valence-corrected chi connectivity index (χ0v) is 16.0. The van der Waals surface area contributed by atoms with Crippen LogP contribution in [0.3, 0.4) is 0 Å². The largest absolute Gasteiger partial charge is 0.486 e. The third-order valence-corrected chi connectivity index (χ3v) is 5.81. The lowest BCUT2D eigenvalue weighted by atomic mass is 9.92. The summed E-state index contributed by atoms with van der Waals surface area (Å²) in [4.78, 5) is 2.48. The number of fused-ring (bicyclic) bond motifs is 1. The van der Waals surface area contributed by atoms with Crippen LogP contribution >= 0.6 is 0 Å². The number of nitrogens with zero attached hydrogens (tertiary/aromatic N) is 1. The Kier molecular flexibility index (Phi) is 5.59. The van der Waals surface area contributed by atoms with Gasteiger partial charge in [-0.15, -0.1) is 0 Å². The highest BCUT2D eigenvalue weighted by atomic mass is 16.5. The molecule has 0 saturated heterocycles. The molecule has 2 heteroatoms. The SMILES string of the molecule is CN(CCC(Oc1ccc2c(c1)CCCC2)c1ccccc1)CC1CC1. The van der Waals surface area contributed by atoms with Crippen molar-refractivity contribution in [1.82, 2.24) is 4.90 Å². The maximum Gasteiger partial charge on any atom is 0.125 e. The number of rotatable bonds is 8. The van der Waals surface area contributed by atoms with Gasteiger partial charge in [0.25, 0.3) is 0 Å². The first-order chi connectivity index (χ1) is 12.8. The van der Waals surface area contributed by atoms with Gasteiger partial charge in [0.05, 0.1) is 0 Å². The summed E-state index contributed by atoms with van der Waals surface area (Å²) < 4.78 is 6.51. The van der Waals surface area contributed by atoms with Gasteiger partial charge in [0.1, 0.15) is 11.9 Å². The summed E-state index contributed by atoms with van der Waals surface area (Å²) in [5.74, 6) is 1.97. The van der Waals surface area contributed by atoms with E-state index in [1.807, 2.05) is 0 Å². The second-order valence-corrected chi connectivity index (χ2v) is 8.15. The fraction of sp³-hybridized carbons (Fsp3) is 0.500. The second kappa shape index (κ2) is 8.26. The molecule has 1 fully saturated rings. The maximum absolute atomic E-state index is 6.51. The average molecular weight is 350 g/mol. The minimum atomic E-state index is 0.125. The van der Waals surface area contributed by atoms with Crippen molar-refractivity contribution in [3.05, 3.63) is 65.2 Å². The van der Waals surface area contributed by atoms with E-state index in [9.17, 15) is 0 Å². The molecule has 0 N–H and O–H groups in total. The highest BCUT2D eigenvalue weighted by Gasteiger charge is 2.23. The highest BCUT2D eigenvalue weighted by molar-refractivity contribution is 5.37. The van der Waals surface area contributed by atoms with Crippen molar-refractivity contribution >= 4 is 0 Å². The van der Waals surface area contributed by atoms with Crippen molar-refractivity contribution in [3.63, 3.8) is 0 Å². The topological polar surface area (TPSA) is 12.5 Å². The Balaban J connectivity index is 1.45. The van der Waals surface area contributed by atoms with Gasteiger partial charge in [-0.2, -0.15) is 0 Å². The summed E-state index contributed by atoms with van der Waals surface area (Å²) in [6, 6.07) is 17.5. The molecule has 138 valence electrons. The number of ether oxygens (including phenoxy) is 1. The molecule has 2 nitrogen and oxygen atoms in total. The Labute approximate surface area is 158 Å². The standard InChI is InChI=1S/C24H31NO/c1-25(18-19-11-12-19)16-15-24(21-8-3-2-4-9-21)26-23-14-13-20-7-5-6-10-22(20)17-23/h2-4,8-9,13-14,17,19,24H,5-7,10-12,15-16,18H2,1H3. The molecule has 1 atom stereocenters. The van der Waals surface area contributed by atoms with Crippen LogP contribution < -0.4 is 4.74 Å². The molecule has 2 aliphatic carbocycles. The lowest BCUT2D eigenvalue weighted by Gasteiger charge is -2.24. The van der Waals surface area contributed by atoms with Gasteiger partial charge in [-0.25, -0.2) is 0 Å². The van der Waals surface area contributed by atoms with E-state index in [0.29, 0.717) is 0 Å². The minimum Gasteiger partial charge on any atom is -0.486 e. The molecular formula is C24H31NO. The first kappa shape index (κ1) is 17.6. The minimum absolute atomic E-state index is 0.125. The molecule has 2 aromatic rings. The molecular weight excluding hydrogens is 318 g/mol. The van der Waals surface area contributed by atoms with Gasteiger partial charge in [0.2, 0.25) is 0 Å². The van der Waals surface area contributed by atoms with Gasteiger partial charge < -0.3 is 9.64 Å². The summed E-state index contributed by atoms with van der Waals surface area (Å²) in [5, 5.41) is 0. The molecule has 0 bridgehead atoms. The third-order valence-electron chi connectivity index (χ3n) is 5.81. The van der Waals surface area contributed by atoms with Crippen molar-refractivity contribution in [2.24, 2.45) is 5.92 Å². The first-order valence-electron chi connectivity index (χ1n) is 10.3. The number of aryl methyl sites for hydroxylation is 2. The van der Waals surface area contributed by atoms with E-state index < -0.39 is 0 Å². The van der Waals surface area contributed by atoms with E-state index in [1.165, 1.54) is 61.8 Å². The van der Waals surface area contributed by atoms with Crippen LogP contribution in [0.5, 0.6) is 5.75 Å². The van der Waals surface area contributed by atoms with Gasteiger partial charge in [0.15, 0.2) is 0 Å². The predicted molar refractivity (Wildman–Crippen MR) is 108 cm³/mol. The van der Waals surface area contributed by atoms with Crippen molar-refractivity contribution < 1.29 is 4.74 Å². The smallest absolute Gasteiger partial charge is 0.125 e. The molecule has 0 heterocycles. The maximum atomic E-state index is 6.51. The molecule has 4 rings (SSSR count). The lowest BCUT2D eigenvalue weighted by molar-refractivity contribution is 0.171. The number of hydrogen-bond donors (Lipinski definition) is 0. The van der Waals surface area contributed by atoms with Crippen molar-refractivity contribution in [1.29, 1.82) is 0 Å². The van der Waals surface area contributed by atoms with Gasteiger partial charge >= 0.3 is 0 Å².